The van der Waals surface area contributed by atoms with Crippen molar-refractivity contribution in [3.05, 3.63) is 29.8 Å². The topological polar surface area (TPSA) is 49.8 Å². The SMILES string of the molecule is CC1CN(C(=O)CCC2CCOCC2)CCC1(C)c1cccc(O)c1. The summed E-state index contributed by atoms with van der Waals surface area (Å²) in [4.78, 5) is 14.7. The van der Waals surface area contributed by atoms with Gasteiger partial charge in [0.1, 0.15) is 5.75 Å². The molecule has 1 N–H and O–H groups in total. The number of aromatic hydroxyl groups is 1. The van der Waals surface area contributed by atoms with Crippen LogP contribution in [0.2, 0.25) is 0 Å². The molecule has 25 heavy (non-hydrogen) atoms. The number of ether oxygens (including phenoxy) is 1. The van der Waals surface area contributed by atoms with Crippen molar-refractivity contribution in [2.24, 2.45) is 11.8 Å². The van der Waals surface area contributed by atoms with Gasteiger partial charge in [0.2, 0.25) is 5.91 Å². The highest BCUT2D eigenvalue weighted by Gasteiger charge is 2.39. The maximum absolute atomic E-state index is 12.6. The maximum Gasteiger partial charge on any atom is 0.222 e. The van der Waals surface area contributed by atoms with E-state index in [1.165, 1.54) is 5.56 Å². The molecule has 138 valence electrons. The van der Waals surface area contributed by atoms with Gasteiger partial charge in [-0.2, -0.15) is 0 Å². The molecule has 3 rings (SSSR count). The van der Waals surface area contributed by atoms with Crippen molar-refractivity contribution < 1.29 is 14.6 Å². The van der Waals surface area contributed by atoms with Crippen LogP contribution in [0.5, 0.6) is 5.75 Å². The Labute approximate surface area is 151 Å². The van der Waals surface area contributed by atoms with E-state index in [2.05, 4.69) is 24.8 Å². The van der Waals surface area contributed by atoms with Crippen molar-refractivity contribution in [3.63, 3.8) is 0 Å². The smallest absolute Gasteiger partial charge is 0.222 e. The molecule has 2 aliphatic rings. The van der Waals surface area contributed by atoms with E-state index < -0.39 is 0 Å². The Morgan fingerprint density at radius 1 is 1.36 bits per heavy atom. The molecule has 2 atom stereocenters. The summed E-state index contributed by atoms with van der Waals surface area (Å²) in [5.41, 5.74) is 1.19. The van der Waals surface area contributed by atoms with Gasteiger partial charge in [-0.15, -0.1) is 0 Å². The van der Waals surface area contributed by atoms with Gasteiger partial charge in [0.25, 0.3) is 0 Å². The van der Waals surface area contributed by atoms with Crippen LogP contribution in [0.25, 0.3) is 0 Å². The van der Waals surface area contributed by atoms with Crippen LogP contribution < -0.4 is 0 Å². The van der Waals surface area contributed by atoms with Gasteiger partial charge in [0, 0.05) is 32.7 Å². The number of hydrogen-bond donors (Lipinski definition) is 1. The fourth-order valence-electron chi connectivity index (χ4n) is 4.27. The second kappa shape index (κ2) is 7.77. The molecule has 4 nitrogen and oxygen atoms in total. The molecule has 4 heteroatoms. The lowest BCUT2D eigenvalue weighted by molar-refractivity contribution is -0.134. The van der Waals surface area contributed by atoms with Crippen LogP contribution in [-0.4, -0.2) is 42.2 Å². The van der Waals surface area contributed by atoms with Gasteiger partial charge in [-0.1, -0.05) is 26.0 Å². The van der Waals surface area contributed by atoms with Gasteiger partial charge in [-0.05, 0) is 60.6 Å². The quantitative estimate of drug-likeness (QED) is 0.905. The molecular formula is C21H31NO3. The van der Waals surface area contributed by atoms with Crippen LogP contribution in [0.4, 0.5) is 0 Å². The number of phenolic OH excluding ortho intramolecular Hbond substituents is 1. The van der Waals surface area contributed by atoms with Crippen LogP contribution in [0.1, 0.15) is 51.5 Å². The summed E-state index contributed by atoms with van der Waals surface area (Å²) < 4.78 is 5.40. The Morgan fingerprint density at radius 2 is 2.12 bits per heavy atom. The molecule has 2 saturated heterocycles. The lowest BCUT2D eigenvalue weighted by Crippen LogP contribution is -2.49. The third kappa shape index (κ3) is 4.17. The van der Waals surface area contributed by atoms with Gasteiger partial charge < -0.3 is 14.7 Å². The highest BCUT2D eigenvalue weighted by Crippen LogP contribution is 2.40. The van der Waals surface area contributed by atoms with Crippen LogP contribution >= 0.6 is 0 Å². The number of carbonyl (C=O) groups is 1. The monoisotopic (exact) mass is 345 g/mol. The molecule has 0 saturated carbocycles. The van der Waals surface area contributed by atoms with E-state index in [1.807, 2.05) is 12.1 Å². The Kier molecular flexibility index (Phi) is 5.67. The summed E-state index contributed by atoms with van der Waals surface area (Å²) in [7, 11) is 0. The van der Waals surface area contributed by atoms with E-state index >= 15 is 0 Å². The molecule has 2 aliphatic heterocycles. The zero-order chi connectivity index (χ0) is 17.9. The van der Waals surface area contributed by atoms with E-state index in [1.54, 1.807) is 6.07 Å². The zero-order valence-electron chi connectivity index (χ0n) is 15.5. The first-order chi connectivity index (χ1) is 12.0. The zero-order valence-corrected chi connectivity index (χ0v) is 15.5. The molecular weight excluding hydrogens is 314 g/mol. The second-order valence-corrected chi connectivity index (χ2v) is 8.05. The first kappa shape index (κ1) is 18.2. The van der Waals surface area contributed by atoms with Gasteiger partial charge in [0.15, 0.2) is 0 Å². The molecule has 0 aromatic heterocycles. The predicted molar refractivity (Wildman–Crippen MR) is 98.6 cm³/mol. The van der Waals surface area contributed by atoms with Gasteiger partial charge in [-0.25, -0.2) is 0 Å². The second-order valence-electron chi connectivity index (χ2n) is 8.05. The average molecular weight is 345 g/mol. The molecule has 1 aromatic rings. The number of piperidine rings is 1. The van der Waals surface area contributed by atoms with Gasteiger partial charge in [0.05, 0.1) is 0 Å². The predicted octanol–water partition coefficient (Wildman–Crippen LogP) is 3.73. The van der Waals surface area contributed by atoms with Crippen molar-refractivity contribution in [2.45, 2.75) is 51.4 Å². The van der Waals surface area contributed by atoms with Crippen molar-refractivity contribution in [2.75, 3.05) is 26.3 Å². The number of carbonyl (C=O) groups excluding carboxylic acids is 1. The van der Waals surface area contributed by atoms with Crippen LogP contribution in [0, 0.1) is 11.8 Å². The van der Waals surface area contributed by atoms with E-state index in [0.29, 0.717) is 29.9 Å². The Balaban J connectivity index is 1.56. The summed E-state index contributed by atoms with van der Waals surface area (Å²) in [6, 6.07) is 7.60. The van der Waals surface area contributed by atoms with Crippen LogP contribution in [0.3, 0.4) is 0 Å². The summed E-state index contributed by atoms with van der Waals surface area (Å²) in [5, 5.41) is 9.80. The fraction of sp³-hybridized carbons (Fsp3) is 0.667. The molecule has 0 bridgehead atoms. The van der Waals surface area contributed by atoms with Crippen LogP contribution in [-0.2, 0) is 14.9 Å². The standard InChI is InChI=1S/C21H31NO3/c1-16-15-22(20(24)7-6-17-8-12-25-13-9-17)11-10-21(16,2)18-4-3-5-19(23)14-18/h3-5,14,16-17,23H,6-13,15H2,1-2H3. The minimum Gasteiger partial charge on any atom is -0.508 e. The molecule has 1 aromatic carbocycles. The highest BCUT2D eigenvalue weighted by atomic mass is 16.5. The molecule has 2 unspecified atom stereocenters. The van der Waals surface area contributed by atoms with Gasteiger partial charge >= 0.3 is 0 Å². The minimum atomic E-state index is 0.0101. The van der Waals surface area contributed by atoms with E-state index in [9.17, 15) is 9.90 Å². The number of amides is 1. The Morgan fingerprint density at radius 3 is 2.80 bits per heavy atom. The molecule has 2 fully saturated rings. The van der Waals surface area contributed by atoms with Crippen molar-refractivity contribution in [1.29, 1.82) is 0 Å². The number of phenols is 1. The fourth-order valence-corrected chi connectivity index (χ4v) is 4.27. The molecule has 2 heterocycles. The number of likely N-dealkylation sites (tertiary alicyclic amines) is 1. The molecule has 0 aliphatic carbocycles. The number of hydrogen-bond acceptors (Lipinski definition) is 3. The van der Waals surface area contributed by atoms with Crippen molar-refractivity contribution in [3.8, 4) is 5.75 Å². The first-order valence-electron chi connectivity index (χ1n) is 9.64. The maximum atomic E-state index is 12.6. The normalized spacial score (nSPS) is 28.1. The number of nitrogens with zero attached hydrogens (tertiary/aromatic N) is 1. The number of rotatable bonds is 4. The van der Waals surface area contributed by atoms with E-state index in [0.717, 1.165) is 52.0 Å². The lowest BCUT2D eigenvalue weighted by Gasteiger charge is -2.45. The minimum absolute atomic E-state index is 0.0101. The van der Waals surface area contributed by atoms with Crippen molar-refractivity contribution in [1.82, 2.24) is 4.90 Å². The Hall–Kier alpha value is -1.55. The van der Waals surface area contributed by atoms with Gasteiger partial charge in [-0.3, -0.25) is 4.79 Å². The highest BCUT2D eigenvalue weighted by molar-refractivity contribution is 5.76. The summed E-state index contributed by atoms with van der Waals surface area (Å²) in [6.07, 6.45) is 4.80. The largest absolute Gasteiger partial charge is 0.508 e. The van der Waals surface area contributed by atoms with E-state index in [4.69, 9.17) is 4.74 Å². The third-order valence-corrected chi connectivity index (χ3v) is 6.45. The third-order valence-electron chi connectivity index (χ3n) is 6.45. The molecule has 0 spiro atoms. The first-order valence-corrected chi connectivity index (χ1v) is 9.64. The molecule has 1 amide bonds. The average Bonchev–Trinajstić information content (AvgIpc) is 2.63. The summed E-state index contributed by atoms with van der Waals surface area (Å²) in [6.45, 7) is 7.80. The molecule has 0 radical (unpaired) electrons. The Bertz CT molecular complexity index is 597. The number of benzene rings is 1. The summed E-state index contributed by atoms with van der Waals surface area (Å²) in [5.74, 6) is 1.64. The lowest BCUT2D eigenvalue weighted by atomic mass is 9.68. The summed E-state index contributed by atoms with van der Waals surface area (Å²) >= 11 is 0. The van der Waals surface area contributed by atoms with Crippen molar-refractivity contribution >= 4 is 5.91 Å². The van der Waals surface area contributed by atoms with Crippen LogP contribution in [0.15, 0.2) is 24.3 Å². The van der Waals surface area contributed by atoms with E-state index in [-0.39, 0.29) is 5.41 Å².